The van der Waals surface area contributed by atoms with E-state index in [9.17, 15) is 9.59 Å². The summed E-state index contributed by atoms with van der Waals surface area (Å²) in [5.41, 5.74) is 1.53. The second kappa shape index (κ2) is 6.29. The van der Waals surface area contributed by atoms with Gasteiger partial charge in [-0.2, -0.15) is 0 Å². The van der Waals surface area contributed by atoms with E-state index in [0.717, 1.165) is 5.69 Å². The van der Waals surface area contributed by atoms with E-state index >= 15 is 0 Å². The fourth-order valence-corrected chi connectivity index (χ4v) is 3.65. The van der Waals surface area contributed by atoms with Crippen LogP contribution in [-0.4, -0.2) is 30.4 Å². The van der Waals surface area contributed by atoms with Crippen molar-refractivity contribution in [3.63, 3.8) is 0 Å². The van der Waals surface area contributed by atoms with Crippen LogP contribution in [0.1, 0.15) is 12.1 Å². The van der Waals surface area contributed by atoms with Crippen LogP contribution in [0.5, 0.6) is 0 Å². The van der Waals surface area contributed by atoms with Crippen LogP contribution in [0.15, 0.2) is 29.6 Å². The Bertz CT molecular complexity index is 761. The van der Waals surface area contributed by atoms with Crippen LogP contribution < -0.4 is 9.80 Å². The number of aryl methyl sites for hydroxylation is 1. The molecule has 2 amide bonds. The highest BCUT2D eigenvalue weighted by atomic mass is 35.5. The van der Waals surface area contributed by atoms with Gasteiger partial charge in [-0.05, 0) is 19.1 Å². The van der Waals surface area contributed by atoms with Gasteiger partial charge in [0.05, 0.1) is 22.3 Å². The summed E-state index contributed by atoms with van der Waals surface area (Å²) in [6.45, 7) is 2.23. The van der Waals surface area contributed by atoms with Gasteiger partial charge >= 0.3 is 0 Å². The number of rotatable bonds is 3. The molecule has 0 unspecified atom stereocenters. The molecular weight excluding hydrogens is 334 g/mol. The molecule has 1 atom stereocenters. The molecule has 120 valence electrons. The molecule has 1 aromatic carbocycles. The third kappa shape index (κ3) is 3.09. The average molecular weight is 350 g/mol. The Balaban J connectivity index is 1.77. The van der Waals surface area contributed by atoms with Crippen molar-refractivity contribution in [3.05, 3.63) is 40.4 Å². The number of halogens is 1. The Morgan fingerprint density at radius 3 is 2.83 bits per heavy atom. The number of hydrogen-bond donors (Lipinski definition) is 0. The van der Waals surface area contributed by atoms with Crippen molar-refractivity contribution in [1.82, 2.24) is 4.98 Å². The Kier molecular flexibility index (Phi) is 4.37. The van der Waals surface area contributed by atoms with Crippen molar-refractivity contribution in [2.75, 3.05) is 23.4 Å². The molecule has 3 rings (SSSR count). The van der Waals surface area contributed by atoms with Crippen LogP contribution in [0.3, 0.4) is 0 Å². The van der Waals surface area contributed by atoms with Gasteiger partial charge in [-0.3, -0.25) is 14.5 Å². The molecule has 0 radical (unpaired) electrons. The highest BCUT2D eigenvalue weighted by molar-refractivity contribution is 7.14. The minimum atomic E-state index is -0.382. The number of hydrogen-bond acceptors (Lipinski definition) is 4. The first-order valence-corrected chi connectivity index (χ1v) is 8.47. The summed E-state index contributed by atoms with van der Waals surface area (Å²) in [7, 11) is 1.70. The van der Waals surface area contributed by atoms with Gasteiger partial charge in [-0.15, -0.1) is 11.3 Å². The molecule has 0 saturated carbocycles. The number of anilines is 2. The fourth-order valence-electron chi connectivity index (χ4n) is 2.64. The van der Waals surface area contributed by atoms with E-state index in [-0.39, 0.29) is 24.2 Å². The summed E-state index contributed by atoms with van der Waals surface area (Å²) >= 11 is 7.58. The van der Waals surface area contributed by atoms with Crippen molar-refractivity contribution in [3.8, 4) is 0 Å². The number of benzene rings is 1. The molecule has 0 aliphatic carbocycles. The summed E-state index contributed by atoms with van der Waals surface area (Å²) < 4.78 is 0. The van der Waals surface area contributed by atoms with Crippen LogP contribution in [0.4, 0.5) is 10.8 Å². The summed E-state index contributed by atoms with van der Waals surface area (Å²) in [6, 6.07) is 7.17. The van der Waals surface area contributed by atoms with Crippen LogP contribution in [-0.2, 0) is 9.59 Å². The van der Waals surface area contributed by atoms with E-state index in [1.165, 1.54) is 16.2 Å². The van der Waals surface area contributed by atoms with Crippen molar-refractivity contribution in [2.24, 2.45) is 5.92 Å². The SMILES string of the molecule is Cc1csc(N(C)C(=O)[C@H]2CC(=O)N(c3ccccc3Cl)C2)n1. The predicted octanol–water partition coefficient (Wildman–Crippen LogP) is 3.12. The second-order valence-electron chi connectivity index (χ2n) is 5.53. The van der Waals surface area contributed by atoms with Crippen LogP contribution >= 0.6 is 22.9 Å². The molecule has 0 N–H and O–H groups in total. The molecule has 7 heteroatoms. The number of carbonyl (C=O) groups excluding carboxylic acids is 2. The van der Waals surface area contributed by atoms with Gasteiger partial charge in [-0.25, -0.2) is 4.98 Å². The average Bonchev–Trinajstić information content (AvgIpc) is 3.12. The zero-order chi connectivity index (χ0) is 16.6. The lowest BCUT2D eigenvalue weighted by molar-refractivity contribution is -0.124. The molecular formula is C16H16ClN3O2S. The lowest BCUT2D eigenvalue weighted by Crippen LogP contribution is -2.34. The highest BCUT2D eigenvalue weighted by Gasteiger charge is 2.37. The Hall–Kier alpha value is -1.92. The minimum Gasteiger partial charge on any atom is -0.310 e. The van der Waals surface area contributed by atoms with E-state index < -0.39 is 0 Å². The van der Waals surface area contributed by atoms with Gasteiger partial charge in [0, 0.05) is 25.4 Å². The molecule has 1 aromatic heterocycles. The first-order chi connectivity index (χ1) is 11.0. The number of para-hydroxylation sites is 1. The number of carbonyl (C=O) groups is 2. The van der Waals surface area contributed by atoms with Crippen LogP contribution in [0.25, 0.3) is 0 Å². The van der Waals surface area contributed by atoms with Gasteiger partial charge in [0.2, 0.25) is 11.8 Å². The van der Waals surface area contributed by atoms with Gasteiger partial charge < -0.3 is 4.90 Å². The smallest absolute Gasteiger partial charge is 0.233 e. The van der Waals surface area contributed by atoms with E-state index in [2.05, 4.69) is 4.98 Å². The maximum Gasteiger partial charge on any atom is 0.233 e. The first-order valence-electron chi connectivity index (χ1n) is 7.22. The lowest BCUT2D eigenvalue weighted by Gasteiger charge is -2.20. The number of amides is 2. The van der Waals surface area contributed by atoms with Gasteiger partial charge in [0.25, 0.3) is 0 Å². The summed E-state index contributed by atoms with van der Waals surface area (Å²) in [5.74, 6) is -0.560. The predicted molar refractivity (Wildman–Crippen MR) is 92.2 cm³/mol. The summed E-state index contributed by atoms with van der Waals surface area (Å²) in [6.07, 6.45) is 0.193. The maximum absolute atomic E-state index is 12.6. The molecule has 23 heavy (non-hydrogen) atoms. The van der Waals surface area contributed by atoms with Crippen molar-refractivity contribution in [2.45, 2.75) is 13.3 Å². The molecule has 1 aliphatic rings. The summed E-state index contributed by atoms with van der Waals surface area (Å²) in [4.78, 5) is 32.4. The van der Waals surface area contributed by atoms with Crippen molar-refractivity contribution < 1.29 is 9.59 Å². The molecule has 1 fully saturated rings. The molecule has 0 bridgehead atoms. The second-order valence-corrected chi connectivity index (χ2v) is 6.77. The van der Waals surface area contributed by atoms with Crippen molar-refractivity contribution >= 4 is 45.6 Å². The topological polar surface area (TPSA) is 53.5 Å². The molecule has 0 spiro atoms. The third-order valence-corrected chi connectivity index (χ3v) is 5.20. The first kappa shape index (κ1) is 16.0. The zero-order valence-corrected chi connectivity index (χ0v) is 14.4. The minimum absolute atomic E-state index is 0.0832. The monoisotopic (exact) mass is 349 g/mol. The maximum atomic E-state index is 12.6. The molecule has 1 saturated heterocycles. The normalized spacial score (nSPS) is 17.6. The molecule has 5 nitrogen and oxygen atoms in total. The molecule has 2 heterocycles. The summed E-state index contributed by atoms with van der Waals surface area (Å²) in [5, 5.41) is 3.06. The van der Waals surface area contributed by atoms with E-state index in [4.69, 9.17) is 11.6 Å². The quantitative estimate of drug-likeness (QED) is 0.855. The molecule has 1 aliphatic heterocycles. The highest BCUT2D eigenvalue weighted by Crippen LogP contribution is 2.32. The van der Waals surface area contributed by atoms with Crippen molar-refractivity contribution in [1.29, 1.82) is 0 Å². The Labute approximate surface area is 143 Å². The fraction of sp³-hybridized carbons (Fsp3) is 0.312. The van der Waals surface area contributed by atoms with Gasteiger partial charge in [0.15, 0.2) is 5.13 Å². The lowest BCUT2D eigenvalue weighted by atomic mass is 10.1. The van der Waals surface area contributed by atoms with Crippen LogP contribution in [0, 0.1) is 12.8 Å². The van der Waals surface area contributed by atoms with E-state index in [1.807, 2.05) is 24.4 Å². The number of thiazole rings is 1. The van der Waals surface area contributed by atoms with Gasteiger partial charge in [0.1, 0.15) is 0 Å². The number of nitrogens with zero attached hydrogens (tertiary/aromatic N) is 3. The standard InChI is InChI=1S/C16H16ClN3O2S/c1-10-9-23-16(18-10)19(2)15(22)11-7-14(21)20(8-11)13-6-4-3-5-12(13)17/h3-6,9,11H,7-8H2,1-2H3/t11-/m0/s1. The third-order valence-electron chi connectivity index (χ3n) is 3.84. The van der Waals surface area contributed by atoms with E-state index in [0.29, 0.717) is 22.4 Å². The largest absolute Gasteiger partial charge is 0.310 e. The Morgan fingerprint density at radius 2 is 2.17 bits per heavy atom. The van der Waals surface area contributed by atoms with E-state index in [1.54, 1.807) is 24.1 Å². The molecule has 2 aromatic rings. The zero-order valence-electron chi connectivity index (χ0n) is 12.8. The van der Waals surface area contributed by atoms with Gasteiger partial charge in [-0.1, -0.05) is 23.7 Å². The Morgan fingerprint density at radius 1 is 1.43 bits per heavy atom. The number of aromatic nitrogens is 1. The van der Waals surface area contributed by atoms with Crippen LogP contribution in [0.2, 0.25) is 5.02 Å².